The van der Waals surface area contributed by atoms with Gasteiger partial charge in [-0.05, 0) is 37.7 Å². The number of carbonyl (C=O) groups is 1. The summed E-state index contributed by atoms with van der Waals surface area (Å²) in [5.41, 5.74) is 0.813. The minimum absolute atomic E-state index is 0.323. The van der Waals surface area contributed by atoms with Crippen molar-refractivity contribution in [1.82, 2.24) is 0 Å². The first-order valence-electron chi connectivity index (χ1n) is 8.72. The summed E-state index contributed by atoms with van der Waals surface area (Å²) in [6.45, 7) is 4.23. The van der Waals surface area contributed by atoms with Crippen molar-refractivity contribution in [3.05, 3.63) is 35.9 Å². The third-order valence-electron chi connectivity index (χ3n) is 5.28. The van der Waals surface area contributed by atoms with Crippen molar-refractivity contribution < 1.29 is 9.53 Å². The number of benzene rings is 1. The van der Waals surface area contributed by atoms with E-state index in [1.807, 2.05) is 18.2 Å². The third kappa shape index (κ3) is 4.13. The fourth-order valence-corrected chi connectivity index (χ4v) is 3.97. The van der Waals surface area contributed by atoms with Crippen molar-refractivity contribution >= 4 is 5.97 Å². The topological polar surface area (TPSA) is 50.1 Å². The first-order chi connectivity index (χ1) is 11.1. The molecule has 0 aliphatic heterocycles. The van der Waals surface area contributed by atoms with Crippen LogP contribution >= 0.6 is 0 Å². The molecular weight excluding hydrogens is 286 g/mol. The van der Waals surface area contributed by atoms with Gasteiger partial charge < -0.3 is 4.74 Å². The van der Waals surface area contributed by atoms with Crippen LogP contribution in [0.15, 0.2) is 30.3 Å². The molecule has 2 rings (SSSR count). The number of rotatable bonds is 6. The Kier molecular flexibility index (Phi) is 6.21. The molecule has 0 bridgehead atoms. The minimum atomic E-state index is -0.703. The van der Waals surface area contributed by atoms with Crippen molar-refractivity contribution in [2.24, 2.45) is 17.3 Å². The van der Waals surface area contributed by atoms with Crippen LogP contribution in [-0.2, 0) is 16.0 Å². The van der Waals surface area contributed by atoms with Crippen LogP contribution in [0.4, 0.5) is 0 Å². The normalized spacial score (nSPS) is 19.3. The number of nitrogens with zero attached hydrogens (tertiary/aromatic N) is 1. The van der Waals surface area contributed by atoms with Gasteiger partial charge in [0, 0.05) is 5.41 Å². The molecule has 0 heterocycles. The molecule has 1 fully saturated rings. The second-order valence-corrected chi connectivity index (χ2v) is 6.82. The highest BCUT2D eigenvalue weighted by Crippen LogP contribution is 2.46. The van der Waals surface area contributed by atoms with Gasteiger partial charge in [-0.2, -0.15) is 5.26 Å². The molecule has 1 aromatic rings. The standard InChI is InChI=1S/C20H27NO2/c1-3-23-19(22)18(15-21)20(2,17-12-8-5-9-13-17)14-16-10-6-4-7-11-16/h4,6-7,10-11,17-18H,3,5,8-9,12-14H2,1-2H3. The molecule has 1 aromatic carbocycles. The van der Waals surface area contributed by atoms with Crippen molar-refractivity contribution in [3.8, 4) is 6.07 Å². The van der Waals surface area contributed by atoms with Crippen LogP contribution in [0.5, 0.6) is 0 Å². The Labute approximate surface area is 139 Å². The highest BCUT2D eigenvalue weighted by atomic mass is 16.5. The van der Waals surface area contributed by atoms with Gasteiger partial charge in [-0.3, -0.25) is 4.79 Å². The third-order valence-corrected chi connectivity index (χ3v) is 5.28. The van der Waals surface area contributed by atoms with E-state index < -0.39 is 5.92 Å². The maximum Gasteiger partial charge on any atom is 0.323 e. The number of nitriles is 1. The quantitative estimate of drug-likeness (QED) is 0.726. The fourth-order valence-electron chi connectivity index (χ4n) is 3.97. The summed E-state index contributed by atoms with van der Waals surface area (Å²) in [6.07, 6.45) is 6.58. The van der Waals surface area contributed by atoms with E-state index >= 15 is 0 Å². The molecule has 0 amide bonds. The zero-order valence-corrected chi connectivity index (χ0v) is 14.3. The van der Waals surface area contributed by atoms with Gasteiger partial charge in [-0.1, -0.05) is 56.5 Å². The Bertz CT molecular complexity index is 543. The van der Waals surface area contributed by atoms with Gasteiger partial charge in [0.15, 0.2) is 0 Å². The van der Waals surface area contributed by atoms with E-state index in [4.69, 9.17) is 4.74 Å². The largest absolute Gasteiger partial charge is 0.465 e. The van der Waals surface area contributed by atoms with Crippen molar-refractivity contribution in [1.29, 1.82) is 5.26 Å². The molecule has 2 atom stereocenters. The Hall–Kier alpha value is -1.82. The Balaban J connectivity index is 2.32. The smallest absolute Gasteiger partial charge is 0.323 e. The molecule has 0 spiro atoms. The van der Waals surface area contributed by atoms with E-state index in [1.54, 1.807) is 6.92 Å². The van der Waals surface area contributed by atoms with Crippen molar-refractivity contribution in [2.75, 3.05) is 6.61 Å². The molecule has 0 saturated heterocycles. The molecule has 0 N–H and O–H groups in total. The number of esters is 1. The lowest BCUT2D eigenvalue weighted by atomic mass is 9.61. The van der Waals surface area contributed by atoms with Crippen molar-refractivity contribution in [2.45, 2.75) is 52.4 Å². The number of ether oxygens (including phenoxy) is 1. The van der Waals surface area contributed by atoms with E-state index in [0.29, 0.717) is 12.5 Å². The van der Waals surface area contributed by atoms with Crippen LogP contribution in [0.3, 0.4) is 0 Å². The van der Waals surface area contributed by atoms with Crippen LogP contribution in [0, 0.1) is 28.6 Å². The first-order valence-corrected chi connectivity index (χ1v) is 8.72. The number of carbonyl (C=O) groups excluding carboxylic acids is 1. The maximum absolute atomic E-state index is 12.4. The molecule has 1 saturated carbocycles. The van der Waals surface area contributed by atoms with Gasteiger partial charge in [0.2, 0.25) is 0 Å². The van der Waals surface area contributed by atoms with Crippen LogP contribution < -0.4 is 0 Å². The minimum Gasteiger partial charge on any atom is -0.465 e. The molecule has 1 aliphatic carbocycles. The maximum atomic E-state index is 12.4. The van der Waals surface area contributed by atoms with Crippen LogP contribution in [0.2, 0.25) is 0 Å². The molecule has 3 heteroatoms. The summed E-state index contributed by atoms with van der Waals surface area (Å²) in [5, 5.41) is 9.72. The first kappa shape index (κ1) is 17.5. The number of hydrogen-bond donors (Lipinski definition) is 0. The Morgan fingerprint density at radius 3 is 2.52 bits per heavy atom. The van der Waals surface area contributed by atoms with Gasteiger partial charge in [-0.25, -0.2) is 0 Å². The second kappa shape index (κ2) is 8.15. The van der Waals surface area contributed by atoms with E-state index in [-0.39, 0.29) is 11.4 Å². The van der Waals surface area contributed by atoms with Crippen LogP contribution in [0.25, 0.3) is 0 Å². The molecule has 2 unspecified atom stereocenters. The zero-order chi connectivity index (χ0) is 16.7. The van der Waals surface area contributed by atoms with Crippen LogP contribution in [0.1, 0.15) is 51.5 Å². The summed E-state index contributed by atoms with van der Waals surface area (Å²) < 4.78 is 5.21. The highest BCUT2D eigenvalue weighted by Gasteiger charge is 2.46. The molecule has 0 aromatic heterocycles. The van der Waals surface area contributed by atoms with E-state index in [9.17, 15) is 10.1 Å². The van der Waals surface area contributed by atoms with Gasteiger partial charge >= 0.3 is 5.97 Å². The lowest BCUT2D eigenvalue weighted by molar-refractivity contribution is -0.151. The fraction of sp³-hybridized carbons (Fsp3) is 0.600. The monoisotopic (exact) mass is 313 g/mol. The average molecular weight is 313 g/mol. The summed E-state index contributed by atoms with van der Waals surface area (Å²) in [5.74, 6) is -0.671. The predicted molar refractivity (Wildman–Crippen MR) is 90.6 cm³/mol. The summed E-state index contributed by atoms with van der Waals surface area (Å²) >= 11 is 0. The zero-order valence-electron chi connectivity index (χ0n) is 14.3. The molecule has 23 heavy (non-hydrogen) atoms. The molecule has 3 nitrogen and oxygen atoms in total. The van der Waals surface area contributed by atoms with E-state index in [1.165, 1.54) is 24.8 Å². The molecule has 0 radical (unpaired) electrons. The second-order valence-electron chi connectivity index (χ2n) is 6.82. The SMILES string of the molecule is CCOC(=O)C(C#N)C(C)(Cc1ccccc1)C1CCCCC1. The number of hydrogen-bond acceptors (Lipinski definition) is 3. The summed E-state index contributed by atoms with van der Waals surface area (Å²) in [7, 11) is 0. The lowest BCUT2D eigenvalue weighted by Crippen LogP contribution is -2.42. The highest BCUT2D eigenvalue weighted by molar-refractivity contribution is 5.76. The van der Waals surface area contributed by atoms with Gasteiger partial charge in [0.25, 0.3) is 0 Å². The Morgan fingerprint density at radius 2 is 1.96 bits per heavy atom. The van der Waals surface area contributed by atoms with Gasteiger partial charge in [-0.15, -0.1) is 0 Å². The van der Waals surface area contributed by atoms with E-state index in [2.05, 4.69) is 25.1 Å². The average Bonchev–Trinajstić information content (AvgIpc) is 2.57. The predicted octanol–water partition coefficient (Wildman–Crippen LogP) is 4.52. The van der Waals surface area contributed by atoms with Crippen LogP contribution in [-0.4, -0.2) is 12.6 Å². The Morgan fingerprint density at radius 1 is 1.30 bits per heavy atom. The van der Waals surface area contributed by atoms with Gasteiger partial charge in [0.05, 0.1) is 12.7 Å². The van der Waals surface area contributed by atoms with Crippen molar-refractivity contribution in [3.63, 3.8) is 0 Å². The molecule has 124 valence electrons. The lowest BCUT2D eigenvalue weighted by Gasteiger charge is -2.42. The molecular formula is C20H27NO2. The summed E-state index contributed by atoms with van der Waals surface area (Å²) in [6, 6.07) is 12.5. The van der Waals surface area contributed by atoms with E-state index in [0.717, 1.165) is 19.3 Å². The summed E-state index contributed by atoms with van der Waals surface area (Å²) in [4.78, 5) is 12.4. The molecule has 1 aliphatic rings. The van der Waals surface area contributed by atoms with Gasteiger partial charge in [0.1, 0.15) is 5.92 Å².